The maximum Gasteiger partial charge on any atom is 0.321 e. The molecule has 0 aliphatic heterocycles. The van der Waals surface area contributed by atoms with E-state index < -0.39 is 0 Å². The standard InChI is InChI=1S/C22H19N3O4/c1-14-12-15(28-22-23-10-5-11-24-22)8-9-18(14)25-21(26)20-17(13-27-2)16-6-3-4-7-19(16)29-20/h3-12H,13H2,1-2H3,(H,25,26). The Labute approximate surface area is 167 Å². The monoisotopic (exact) mass is 389 g/mol. The molecule has 2 aromatic heterocycles. The summed E-state index contributed by atoms with van der Waals surface area (Å²) in [4.78, 5) is 21.0. The number of ether oxygens (including phenoxy) is 2. The summed E-state index contributed by atoms with van der Waals surface area (Å²) in [6.45, 7) is 2.16. The number of amides is 1. The number of furan rings is 1. The summed E-state index contributed by atoms with van der Waals surface area (Å²) in [5.74, 6) is 0.484. The summed E-state index contributed by atoms with van der Waals surface area (Å²) in [6.07, 6.45) is 3.21. The van der Waals surface area contributed by atoms with E-state index in [0.29, 0.717) is 17.0 Å². The van der Waals surface area contributed by atoms with Gasteiger partial charge in [-0.3, -0.25) is 4.79 Å². The van der Waals surface area contributed by atoms with Gasteiger partial charge in [-0.25, -0.2) is 9.97 Å². The van der Waals surface area contributed by atoms with E-state index in [9.17, 15) is 4.79 Å². The van der Waals surface area contributed by atoms with Crippen molar-refractivity contribution in [2.45, 2.75) is 13.5 Å². The normalized spacial score (nSPS) is 10.8. The van der Waals surface area contributed by atoms with Gasteiger partial charge in [-0.1, -0.05) is 18.2 Å². The van der Waals surface area contributed by atoms with Crippen molar-refractivity contribution in [3.8, 4) is 11.8 Å². The highest BCUT2D eigenvalue weighted by atomic mass is 16.5. The van der Waals surface area contributed by atoms with E-state index in [1.165, 1.54) is 0 Å². The molecule has 0 saturated carbocycles. The number of methoxy groups -OCH3 is 1. The second-order valence-electron chi connectivity index (χ2n) is 6.40. The number of benzene rings is 2. The zero-order valence-electron chi connectivity index (χ0n) is 16.0. The van der Waals surface area contributed by atoms with Crippen LogP contribution in [-0.2, 0) is 11.3 Å². The number of carbonyl (C=O) groups is 1. The number of nitrogens with one attached hydrogen (secondary N) is 1. The molecule has 0 fully saturated rings. The van der Waals surface area contributed by atoms with Crippen LogP contribution in [0.5, 0.6) is 11.8 Å². The number of hydrogen-bond donors (Lipinski definition) is 1. The van der Waals surface area contributed by atoms with Crippen molar-refractivity contribution in [3.05, 3.63) is 77.8 Å². The van der Waals surface area contributed by atoms with E-state index in [2.05, 4.69) is 15.3 Å². The second-order valence-corrected chi connectivity index (χ2v) is 6.40. The van der Waals surface area contributed by atoms with Crippen molar-refractivity contribution in [2.75, 3.05) is 12.4 Å². The predicted octanol–water partition coefficient (Wildman–Crippen LogP) is 4.72. The van der Waals surface area contributed by atoms with E-state index >= 15 is 0 Å². The van der Waals surface area contributed by atoms with Crippen molar-refractivity contribution in [1.29, 1.82) is 0 Å². The molecule has 146 valence electrons. The Bertz CT molecular complexity index is 1160. The van der Waals surface area contributed by atoms with Gasteiger partial charge in [-0.2, -0.15) is 0 Å². The van der Waals surface area contributed by atoms with Crippen LogP contribution in [-0.4, -0.2) is 23.0 Å². The molecule has 29 heavy (non-hydrogen) atoms. The first-order valence-electron chi connectivity index (χ1n) is 9.02. The SMILES string of the molecule is COCc1c(C(=O)Nc2ccc(Oc3ncccn3)cc2C)oc2ccccc12. The van der Waals surface area contributed by atoms with Crippen molar-refractivity contribution in [3.63, 3.8) is 0 Å². The van der Waals surface area contributed by atoms with Crippen LogP contribution in [0.15, 0.2) is 65.3 Å². The number of anilines is 1. The summed E-state index contributed by atoms with van der Waals surface area (Å²) in [5.41, 5.74) is 2.85. The highest BCUT2D eigenvalue weighted by Gasteiger charge is 2.21. The van der Waals surface area contributed by atoms with Gasteiger partial charge in [0.25, 0.3) is 5.91 Å². The third kappa shape index (κ3) is 3.95. The Morgan fingerprint density at radius 1 is 1.10 bits per heavy atom. The van der Waals surface area contributed by atoms with Gasteiger partial charge in [0.15, 0.2) is 5.76 Å². The first kappa shape index (κ1) is 18.6. The summed E-state index contributed by atoms with van der Waals surface area (Å²) in [7, 11) is 1.59. The Balaban J connectivity index is 1.57. The number of hydrogen-bond acceptors (Lipinski definition) is 6. The van der Waals surface area contributed by atoms with Gasteiger partial charge in [0, 0.05) is 36.1 Å². The first-order valence-corrected chi connectivity index (χ1v) is 9.02. The maximum atomic E-state index is 12.9. The van der Waals surface area contributed by atoms with Crippen molar-refractivity contribution >= 4 is 22.6 Å². The van der Waals surface area contributed by atoms with Gasteiger partial charge in [0.2, 0.25) is 0 Å². The highest BCUT2D eigenvalue weighted by molar-refractivity contribution is 6.06. The molecule has 4 aromatic rings. The average Bonchev–Trinajstić information content (AvgIpc) is 3.10. The van der Waals surface area contributed by atoms with Crippen molar-refractivity contribution in [1.82, 2.24) is 9.97 Å². The molecule has 0 saturated heterocycles. The third-order valence-electron chi connectivity index (χ3n) is 4.39. The quantitative estimate of drug-likeness (QED) is 0.513. The zero-order chi connectivity index (χ0) is 20.2. The molecular formula is C22H19N3O4. The molecule has 7 heteroatoms. The van der Waals surface area contributed by atoms with Crippen LogP contribution in [0.3, 0.4) is 0 Å². The molecule has 0 aliphatic carbocycles. The fourth-order valence-corrected chi connectivity index (χ4v) is 3.03. The molecule has 4 rings (SSSR count). The average molecular weight is 389 g/mol. The van der Waals surface area contributed by atoms with E-state index in [1.807, 2.05) is 31.2 Å². The molecule has 1 N–H and O–H groups in total. The summed E-state index contributed by atoms with van der Waals surface area (Å²) in [5, 5.41) is 3.77. The molecule has 0 atom stereocenters. The minimum atomic E-state index is -0.337. The summed E-state index contributed by atoms with van der Waals surface area (Å²) < 4.78 is 16.7. The molecular weight excluding hydrogens is 370 g/mol. The van der Waals surface area contributed by atoms with Gasteiger partial charge in [0.05, 0.1) is 6.61 Å². The van der Waals surface area contributed by atoms with E-state index in [4.69, 9.17) is 13.9 Å². The highest BCUT2D eigenvalue weighted by Crippen LogP contribution is 2.29. The minimum Gasteiger partial charge on any atom is -0.451 e. The second kappa shape index (κ2) is 8.12. The number of para-hydroxylation sites is 1. The molecule has 0 spiro atoms. The summed E-state index contributed by atoms with van der Waals surface area (Å²) in [6, 6.07) is 14.8. The Morgan fingerprint density at radius 3 is 2.66 bits per heavy atom. The number of fused-ring (bicyclic) bond motifs is 1. The van der Waals surface area contributed by atoms with Crippen LogP contribution in [0.2, 0.25) is 0 Å². The number of rotatable bonds is 6. The number of carbonyl (C=O) groups excluding carboxylic acids is 1. The number of aryl methyl sites for hydroxylation is 1. The molecule has 2 aromatic carbocycles. The van der Waals surface area contributed by atoms with E-state index in [0.717, 1.165) is 16.5 Å². The Morgan fingerprint density at radius 2 is 1.90 bits per heavy atom. The molecule has 0 unspecified atom stereocenters. The van der Waals surface area contributed by atoms with Gasteiger partial charge in [-0.15, -0.1) is 0 Å². The molecule has 1 amide bonds. The molecule has 7 nitrogen and oxygen atoms in total. The fraction of sp³-hybridized carbons (Fsp3) is 0.136. The van der Waals surface area contributed by atoms with Gasteiger partial charge in [0.1, 0.15) is 11.3 Å². The topological polar surface area (TPSA) is 86.5 Å². The molecule has 0 aliphatic rings. The zero-order valence-corrected chi connectivity index (χ0v) is 16.0. The van der Waals surface area contributed by atoms with Crippen LogP contribution in [0.4, 0.5) is 5.69 Å². The largest absolute Gasteiger partial charge is 0.451 e. The van der Waals surface area contributed by atoms with Crippen LogP contribution in [0.25, 0.3) is 11.0 Å². The van der Waals surface area contributed by atoms with Crippen LogP contribution >= 0.6 is 0 Å². The van der Waals surface area contributed by atoms with Crippen LogP contribution in [0, 0.1) is 6.92 Å². The van der Waals surface area contributed by atoms with Crippen LogP contribution < -0.4 is 10.1 Å². The summed E-state index contributed by atoms with van der Waals surface area (Å²) >= 11 is 0. The van der Waals surface area contributed by atoms with Crippen molar-refractivity contribution < 1.29 is 18.7 Å². The van der Waals surface area contributed by atoms with Gasteiger partial charge in [-0.05, 0) is 42.8 Å². The smallest absolute Gasteiger partial charge is 0.321 e. The molecule has 0 bridgehead atoms. The minimum absolute atomic E-state index is 0.241. The Hall–Kier alpha value is -3.71. The molecule has 0 radical (unpaired) electrons. The van der Waals surface area contributed by atoms with Gasteiger partial charge >= 0.3 is 6.01 Å². The lowest BCUT2D eigenvalue weighted by atomic mass is 10.1. The lowest BCUT2D eigenvalue weighted by molar-refractivity contribution is 0.0992. The third-order valence-corrected chi connectivity index (χ3v) is 4.39. The molecule has 2 heterocycles. The van der Waals surface area contributed by atoms with E-state index in [1.54, 1.807) is 43.8 Å². The van der Waals surface area contributed by atoms with Gasteiger partial charge < -0.3 is 19.2 Å². The lowest BCUT2D eigenvalue weighted by Crippen LogP contribution is -2.14. The first-order chi connectivity index (χ1) is 14.2. The lowest BCUT2D eigenvalue weighted by Gasteiger charge is -2.10. The fourth-order valence-electron chi connectivity index (χ4n) is 3.03. The maximum absolute atomic E-state index is 12.9. The number of nitrogens with zero attached hydrogens (tertiary/aromatic N) is 2. The predicted molar refractivity (Wildman–Crippen MR) is 108 cm³/mol. The van der Waals surface area contributed by atoms with Crippen LogP contribution in [0.1, 0.15) is 21.7 Å². The number of aromatic nitrogens is 2. The van der Waals surface area contributed by atoms with E-state index in [-0.39, 0.29) is 24.3 Å². The Kier molecular flexibility index (Phi) is 5.22. The van der Waals surface area contributed by atoms with Crippen molar-refractivity contribution in [2.24, 2.45) is 0 Å².